The van der Waals surface area contributed by atoms with E-state index < -0.39 is 8.32 Å². The van der Waals surface area contributed by atoms with Crippen LogP contribution in [-0.2, 0) is 4.43 Å². The van der Waals surface area contributed by atoms with E-state index in [1.54, 1.807) is 0 Å². The number of rotatable bonds is 3. The summed E-state index contributed by atoms with van der Waals surface area (Å²) in [5, 5.41) is 11.3. The van der Waals surface area contributed by atoms with Gasteiger partial charge in [0, 0.05) is 0 Å². The summed E-state index contributed by atoms with van der Waals surface area (Å²) in [6.45, 7) is 11.3. The van der Waals surface area contributed by atoms with Crippen molar-refractivity contribution in [1.29, 1.82) is 0 Å². The molecule has 0 aliphatic heterocycles. The standard InChI is InChI=1S/C8H19NO2Si/c1-8(2,3)12(4,5)11-7-6-9-10/h6,10H,7H2,1-5H3/b9-6+. The molecule has 0 aromatic carbocycles. The molecule has 0 heterocycles. The second-order valence-corrected chi connectivity index (χ2v) is 9.18. The molecule has 0 rings (SSSR count). The molecular formula is C8H19NO2Si. The van der Waals surface area contributed by atoms with E-state index in [0.717, 1.165) is 0 Å². The predicted octanol–water partition coefficient (Wildman–Crippen LogP) is 2.47. The van der Waals surface area contributed by atoms with Crippen molar-refractivity contribution < 1.29 is 9.63 Å². The Hall–Kier alpha value is -0.353. The molecule has 0 amide bonds. The quantitative estimate of drug-likeness (QED) is 0.321. The average molecular weight is 189 g/mol. The Kier molecular flexibility index (Phi) is 3.93. The van der Waals surface area contributed by atoms with Gasteiger partial charge in [0.1, 0.15) is 0 Å². The van der Waals surface area contributed by atoms with Gasteiger partial charge >= 0.3 is 0 Å². The van der Waals surface area contributed by atoms with Crippen LogP contribution < -0.4 is 0 Å². The highest BCUT2D eigenvalue weighted by Crippen LogP contribution is 2.36. The van der Waals surface area contributed by atoms with Crippen molar-refractivity contribution in [3.8, 4) is 0 Å². The average Bonchev–Trinajstić information content (AvgIpc) is 1.85. The van der Waals surface area contributed by atoms with Gasteiger partial charge in [-0.3, -0.25) is 0 Å². The molecule has 0 aromatic heterocycles. The zero-order chi connectivity index (χ0) is 9.83. The lowest BCUT2D eigenvalue weighted by Crippen LogP contribution is -2.41. The highest BCUT2D eigenvalue weighted by molar-refractivity contribution is 6.74. The van der Waals surface area contributed by atoms with Crippen LogP contribution in [0.25, 0.3) is 0 Å². The summed E-state index contributed by atoms with van der Waals surface area (Å²) < 4.78 is 5.66. The first-order valence-electron chi connectivity index (χ1n) is 4.11. The summed E-state index contributed by atoms with van der Waals surface area (Å²) in [7, 11) is -1.64. The molecule has 0 fully saturated rings. The van der Waals surface area contributed by atoms with Gasteiger partial charge in [0.2, 0.25) is 0 Å². The lowest BCUT2D eigenvalue weighted by Gasteiger charge is -2.35. The van der Waals surface area contributed by atoms with E-state index in [2.05, 4.69) is 39.0 Å². The van der Waals surface area contributed by atoms with Gasteiger partial charge in [-0.05, 0) is 18.1 Å². The maximum absolute atomic E-state index is 8.17. The van der Waals surface area contributed by atoms with Crippen LogP contribution in [-0.4, -0.2) is 26.3 Å². The molecule has 12 heavy (non-hydrogen) atoms. The van der Waals surface area contributed by atoms with Gasteiger partial charge in [-0.1, -0.05) is 25.9 Å². The Morgan fingerprint density at radius 3 is 2.25 bits per heavy atom. The van der Waals surface area contributed by atoms with Crippen molar-refractivity contribution >= 4 is 14.5 Å². The molecule has 0 saturated carbocycles. The van der Waals surface area contributed by atoms with Crippen molar-refractivity contribution in [3.63, 3.8) is 0 Å². The van der Waals surface area contributed by atoms with Crippen molar-refractivity contribution in [2.24, 2.45) is 5.16 Å². The van der Waals surface area contributed by atoms with Gasteiger partial charge in [-0.25, -0.2) is 0 Å². The molecule has 0 bridgehead atoms. The zero-order valence-corrected chi connectivity index (χ0v) is 9.59. The molecule has 0 aromatic rings. The highest BCUT2D eigenvalue weighted by atomic mass is 28.4. The largest absolute Gasteiger partial charge is 0.411 e. The Balaban J connectivity index is 4.05. The van der Waals surface area contributed by atoms with Gasteiger partial charge in [-0.15, -0.1) is 0 Å². The van der Waals surface area contributed by atoms with Gasteiger partial charge in [0.15, 0.2) is 8.32 Å². The predicted molar refractivity (Wildman–Crippen MR) is 53.4 cm³/mol. The van der Waals surface area contributed by atoms with E-state index in [1.807, 2.05) is 0 Å². The number of hydrogen-bond acceptors (Lipinski definition) is 3. The zero-order valence-electron chi connectivity index (χ0n) is 8.59. The van der Waals surface area contributed by atoms with Gasteiger partial charge in [0.25, 0.3) is 0 Å². The first-order valence-corrected chi connectivity index (χ1v) is 7.02. The Labute approximate surface area is 75.6 Å². The first-order chi connectivity index (χ1) is 5.31. The van der Waals surface area contributed by atoms with E-state index in [0.29, 0.717) is 6.61 Å². The number of nitrogens with zero attached hydrogens (tertiary/aromatic N) is 1. The van der Waals surface area contributed by atoms with Crippen LogP contribution >= 0.6 is 0 Å². The summed E-state index contributed by atoms with van der Waals surface area (Å²) in [5.41, 5.74) is 0. The lowest BCUT2D eigenvalue weighted by atomic mass is 10.2. The van der Waals surface area contributed by atoms with Crippen molar-refractivity contribution in [2.45, 2.75) is 38.9 Å². The minimum atomic E-state index is -1.64. The van der Waals surface area contributed by atoms with Crippen molar-refractivity contribution in [2.75, 3.05) is 6.61 Å². The SMILES string of the molecule is CC(C)(C)[Si](C)(C)OC/C=N/O. The van der Waals surface area contributed by atoms with Gasteiger partial charge in [0.05, 0.1) is 12.8 Å². The highest BCUT2D eigenvalue weighted by Gasteiger charge is 2.36. The van der Waals surface area contributed by atoms with Crippen LogP contribution in [0.5, 0.6) is 0 Å². The Bertz CT molecular complexity index is 161. The van der Waals surface area contributed by atoms with Gasteiger partial charge < -0.3 is 9.63 Å². The molecule has 0 unspecified atom stereocenters. The molecule has 1 N–H and O–H groups in total. The molecule has 0 spiro atoms. The van der Waals surface area contributed by atoms with E-state index in [1.165, 1.54) is 6.21 Å². The van der Waals surface area contributed by atoms with Crippen LogP contribution in [0.2, 0.25) is 18.1 Å². The number of hydrogen-bond donors (Lipinski definition) is 1. The normalized spacial score (nSPS) is 14.1. The Morgan fingerprint density at radius 2 is 1.92 bits per heavy atom. The maximum atomic E-state index is 8.17. The topological polar surface area (TPSA) is 41.8 Å². The summed E-state index contributed by atoms with van der Waals surface area (Å²) >= 11 is 0. The van der Waals surface area contributed by atoms with E-state index in [9.17, 15) is 0 Å². The van der Waals surface area contributed by atoms with Crippen LogP contribution in [0.3, 0.4) is 0 Å². The second kappa shape index (κ2) is 4.05. The van der Waals surface area contributed by atoms with E-state index >= 15 is 0 Å². The minimum Gasteiger partial charge on any atom is -0.411 e. The molecule has 0 aliphatic rings. The third-order valence-corrected chi connectivity index (χ3v) is 6.91. The molecule has 0 atom stereocenters. The second-order valence-electron chi connectivity index (χ2n) is 4.37. The molecule has 0 saturated heterocycles. The van der Waals surface area contributed by atoms with Crippen molar-refractivity contribution in [3.05, 3.63) is 0 Å². The molecule has 0 radical (unpaired) electrons. The third kappa shape index (κ3) is 3.36. The van der Waals surface area contributed by atoms with Crippen LogP contribution in [0.15, 0.2) is 5.16 Å². The molecule has 0 aliphatic carbocycles. The Morgan fingerprint density at radius 1 is 1.42 bits per heavy atom. The van der Waals surface area contributed by atoms with Gasteiger partial charge in [-0.2, -0.15) is 0 Å². The van der Waals surface area contributed by atoms with E-state index in [-0.39, 0.29) is 5.04 Å². The summed E-state index contributed by atoms with van der Waals surface area (Å²) in [6.07, 6.45) is 1.38. The number of oxime groups is 1. The summed E-state index contributed by atoms with van der Waals surface area (Å²) in [5.74, 6) is 0. The summed E-state index contributed by atoms with van der Waals surface area (Å²) in [6, 6.07) is 0. The molecule has 3 nitrogen and oxygen atoms in total. The van der Waals surface area contributed by atoms with Crippen molar-refractivity contribution in [1.82, 2.24) is 0 Å². The van der Waals surface area contributed by atoms with Crippen LogP contribution in [0.4, 0.5) is 0 Å². The van der Waals surface area contributed by atoms with Crippen LogP contribution in [0.1, 0.15) is 20.8 Å². The smallest absolute Gasteiger partial charge is 0.192 e. The maximum Gasteiger partial charge on any atom is 0.192 e. The fourth-order valence-electron chi connectivity index (χ4n) is 0.495. The molecule has 4 heteroatoms. The van der Waals surface area contributed by atoms with Crippen LogP contribution in [0, 0.1) is 0 Å². The minimum absolute atomic E-state index is 0.219. The third-order valence-electron chi connectivity index (χ3n) is 2.41. The molecular weight excluding hydrogens is 170 g/mol. The fraction of sp³-hybridized carbons (Fsp3) is 0.875. The summed E-state index contributed by atoms with van der Waals surface area (Å²) in [4.78, 5) is 0. The molecule has 72 valence electrons. The fourth-order valence-corrected chi connectivity index (χ4v) is 1.42. The monoisotopic (exact) mass is 189 g/mol. The van der Waals surface area contributed by atoms with E-state index in [4.69, 9.17) is 9.63 Å². The lowest BCUT2D eigenvalue weighted by molar-refractivity contribution is 0.306. The first kappa shape index (κ1) is 11.6.